The summed E-state index contributed by atoms with van der Waals surface area (Å²) >= 11 is 9.70. The number of carbonyl (C=O) groups is 2. The van der Waals surface area contributed by atoms with Crippen LogP contribution in [0.25, 0.3) is 0 Å². The second-order valence-electron chi connectivity index (χ2n) is 4.65. The third-order valence-electron chi connectivity index (χ3n) is 2.81. The molecule has 0 spiro atoms. The van der Waals surface area contributed by atoms with Crippen LogP contribution in [0.1, 0.15) is 9.67 Å². The molecular formula is C15H11ClN4O2S3. The molecule has 0 fully saturated rings. The highest BCUT2D eigenvalue weighted by molar-refractivity contribution is 8.01. The van der Waals surface area contributed by atoms with E-state index in [9.17, 15) is 9.59 Å². The SMILES string of the molecule is O=C(CSc1nnc(NC(=O)c2cccs2)s1)Nc1cccc(Cl)c1. The van der Waals surface area contributed by atoms with Crippen LogP contribution >= 0.6 is 46.0 Å². The zero-order valence-corrected chi connectivity index (χ0v) is 15.8. The highest BCUT2D eigenvalue weighted by atomic mass is 35.5. The van der Waals surface area contributed by atoms with E-state index in [2.05, 4.69) is 20.8 Å². The molecule has 2 amide bonds. The lowest BCUT2D eigenvalue weighted by Crippen LogP contribution is -2.13. The van der Waals surface area contributed by atoms with Gasteiger partial charge in [0.1, 0.15) is 0 Å². The summed E-state index contributed by atoms with van der Waals surface area (Å²) in [5, 5.41) is 16.1. The topological polar surface area (TPSA) is 84.0 Å². The van der Waals surface area contributed by atoms with Gasteiger partial charge in [0.15, 0.2) is 4.34 Å². The minimum atomic E-state index is -0.221. The van der Waals surface area contributed by atoms with E-state index in [1.807, 2.05) is 5.38 Å². The predicted octanol–water partition coefficient (Wildman–Crippen LogP) is 4.24. The Hall–Kier alpha value is -1.94. The summed E-state index contributed by atoms with van der Waals surface area (Å²) in [5.74, 6) is -0.215. The second-order valence-corrected chi connectivity index (χ2v) is 8.24. The Morgan fingerprint density at radius 3 is 2.80 bits per heavy atom. The van der Waals surface area contributed by atoms with Gasteiger partial charge in [-0.05, 0) is 29.6 Å². The largest absolute Gasteiger partial charge is 0.325 e. The Bertz CT molecular complexity index is 883. The molecule has 1 aromatic carbocycles. The third-order valence-corrected chi connectivity index (χ3v) is 5.88. The van der Waals surface area contributed by atoms with Crippen LogP contribution in [0.15, 0.2) is 46.1 Å². The van der Waals surface area contributed by atoms with Gasteiger partial charge < -0.3 is 5.32 Å². The van der Waals surface area contributed by atoms with Crippen LogP contribution in [0.5, 0.6) is 0 Å². The second kappa shape index (κ2) is 8.43. The first-order valence-electron chi connectivity index (χ1n) is 6.97. The van der Waals surface area contributed by atoms with E-state index >= 15 is 0 Å². The predicted molar refractivity (Wildman–Crippen MR) is 103 cm³/mol. The highest BCUT2D eigenvalue weighted by Gasteiger charge is 2.12. The summed E-state index contributed by atoms with van der Waals surface area (Å²) in [6.07, 6.45) is 0. The minimum Gasteiger partial charge on any atom is -0.325 e. The van der Waals surface area contributed by atoms with Crippen LogP contribution in [0.4, 0.5) is 10.8 Å². The Kier molecular flexibility index (Phi) is 6.03. The fraction of sp³-hybridized carbons (Fsp3) is 0.0667. The number of nitrogens with zero attached hydrogens (tertiary/aromatic N) is 2. The lowest BCUT2D eigenvalue weighted by atomic mass is 10.3. The molecular weight excluding hydrogens is 400 g/mol. The van der Waals surface area contributed by atoms with E-state index in [1.54, 1.807) is 36.4 Å². The summed E-state index contributed by atoms with van der Waals surface area (Å²) in [4.78, 5) is 24.5. The lowest BCUT2D eigenvalue weighted by molar-refractivity contribution is -0.113. The molecule has 6 nitrogen and oxygen atoms in total. The third kappa shape index (κ3) is 5.27. The summed E-state index contributed by atoms with van der Waals surface area (Å²) in [7, 11) is 0. The van der Waals surface area contributed by atoms with Gasteiger partial charge in [0.2, 0.25) is 11.0 Å². The molecule has 10 heteroatoms. The molecule has 0 bridgehead atoms. The van der Waals surface area contributed by atoms with Gasteiger partial charge in [-0.1, -0.05) is 46.8 Å². The maximum absolute atomic E-state index is 12.0. The van der Waals surface area contributed by atoms with E-state index < -0.39 is 0 Å². The number of benzene rings is 1. The molecule has 0 saturated carbocycles. The highest BCUT2D eigenvalue weighted by Crippen LogP contribution is 2.26. The summed E-state index contributed by atoms with van der Waals surface area (Å²) in [6.45, 7) is 0. The Balaban J connectivity index is 1.50. The lowest BCUT2D eigenvalue weighted by Gasteiger charge is -2.04. The minimum absolute atomic E-state index is 0.174. The molecule has 0 atom stereocenters. The van der Waals surface area contributed by atoms with Crippen molar-refractivity contribution in [2.45, 2.75) is 4.34 Å². The van der Waals surface area contributed by atoms with Crippen LogP contribution < -0.4 is 10.6 Å². The molecule has 25 heavy (non-hydrogen) atoms. The fourth-order valence-electron chi connectivity index (χ4n) is 1.78. The number of thiophene rings is 1. The van der Waals surface area contributed by atoms with Gasteiger partial charge in [-0.15, -0.1) is 21.5 Å². The monoisotopic (exact) mass is 410 g/mol. The molecule has 0 saturated heterocycles. The molecule has 2 aromatic heterocycles. The van der Waals surface area contributed by atoms with E-state index in [1.165, 1.54) is 34.4 Å². The molecule has 2 heterocycles. The molecule has 2 N–H and O–H groups in total. The summed E-state index contributed by atoms with van der Waals surface area (Å²) in [5.41, 5.74) is 0.638. The summed E-state index contributed by atoms with van der Waals surface area (Å²) < 4.78 is 0.600. The maximum atomic E-state index is 12.0. The normalized spacial score (nSPS) is 10.4. The van der Waals surface area contributed by atoms with Crippen molar-refractivity contribution in [3.05, 3.63) is 51.7 Å². The number of halogens is 1. The van der Waals surface area contributed by atoms with Crippen molar-refractivity contribution in [1.82, 2.24) is 10.2 Å². The van der Waals surface area contributed by atoms with Gasteiger partial charge in [0, 0.05) is 10.7 Å². The van der Waals surface area contributed by atoms with E-state index in [0.717, 1.165) is 0 Å². The quantitative estimate of drug-likeness (QED) is 0.469. The molecule has 0 aliphatic rings. The number of carbonyl (C=O) groups excluding carboxylic acids is 2. The van der Waals surface area contributed by atoms with Crippen molar-refractivity contribution in [1.29, 1.82) is 0 Å². The molecule has 0 aliphatic heterocycles. The van der Waals surface area contributed by atoms with Crippen LogP contribution in [0.3, 0.4) is 0 Å². The van der Waals surface area contributed by atoms with Gasteiger partial charge in [-0.3, -0.25) is 14.9 Å². The molecule has 128 valence electrons. The first kappa shape index (κ1) is 17.9. The number of amides is 2. The van der Waals surface area contributed by atoms with Crippen LogP contribution in [-0.4, -0.2) is 27.8 Å². The number of aromatic nitrogens is 2. The zero-order valence-electron chi connectivity index (χ0n) is 12.6. The average Bonchev–Trinajstić information content (AvgIpc) is 3.25. The van der Waals surface area contributed by atoms with Gasteiger partial charge in [0.05, 0.1) is 10.6 Å². The smallest absolute Gasteiger partial charge is 0.267 e. The number of nitrogens with one attached hydrogen (secondary N) is 2. The Morgan fingerprint density at radius 1 is 1.16 bits per heavy atom. The van der Waals surface area contributed by atoms with Crippen molar-refractivity contribution in [3.8, 4) is 0 Å². The molecule has 3 rings (SSSR count). The number of anilines is 2. The zero-order chi connectivity index (χ0) is 17.6. The first-order valence-corrected chi connectivity index (χ1v) is 10.0. The molecule has 3 aromatic rings. The van der Waals surface area contributed by atoms with Gasteiger partial charge in [0.25, 0.3) is 5.91 Å². The van der Waals surface area contributed by atoms with Crippen molar-refractivity contribution >= 4 is 68.7 Å². The van der Waals surface area contributed by atoms with E-state index in [4.69, 9.17) is 11.6 Å². The standard InChI is InChI=1S/C15H11ClN4O2S3/c16-9-3-1-4-10(7-9)17-12(21)8-24-15-20-19-14(25-15)18-13(22)11-5-2-6-23-11/h1-7H,8H2,(H,17,21)(H,18,19,22). The van der Waals surface area contributed by atoms with Crippen LogP contribution in [-0.2, 0) is 4.79 Å². The number of thioether (sulfide) groups is 1. The summed E-state index contributed by atoms with van der Waals surface area (Å²) in [6, 6.07) is 10.5. The van der Waals surface area contributed by atoms with E-state index in [0.29, 0.717) is 25.1 Å². The van der Waals surface area contributed by atoms with E-state index in [-0.39, 0.29) is 17.6 Å². The Morgan fingerprint density at radius 2 is 2.04 bits per heavy atom. The van der Waals surface area contributed by atoms with Crippen LogP contribution in [0, 0.1) is 0 Å². The first-order chi connectivity index (χ1) is 12.1. The van der Waals surface area contributed by atoms with Crippen molar-refractivity contribution < 1.29 is 9.59 Å². The molecule has 0 aliphatic carbocycles. The van der Waals surface area contributed by atoms with Gasteiger partial charge in [-0.2, -0.15) is 0 Å². The number of hydrogen-bond acceptors (Lipinski definition) is 7. The fourth-order valence-corrected chi connectivity index (χ4v) is 4.13. The Labute approximate surface area is 160 Å². The number of hydrogen-bond donors (Lipinski definition) is 2. The van der Waals surface area contributed by atoms with Gasteiger partial charge >= 0.3 is 0 Å². The molecule has 0 unspecified atom stereocenters. The van der Waals surface area contributed by atoms with Crippen molar-refractivity contribution in [2.24, 2.45) is 0 Å². The molecule has 0 radical (unpaired) electrons. The van der Waals surface area contributed by atoms with Crippen LogP contribution in [0.2, 0.25) is 5.02 Å². The maximum Gasteiger partial charge on any atom is 0.267 e. The van der Waals surface area contributed by atoms with Crippen molar-refractivity contribution in [3.63, 3.8) is 0 Å². The number of rotatable bonds is 6. The average molecular weight is 411 g/mol. The van der Waals surface area contributed by atoms with Gasteiger partial charge in [-0.25, -0.2) is 0 Å². The van der Waals surface area contributed by atoms with Crippen molar-refractivity contribution in [2.75, 3.05) is 16.4 Å².